The normalized spacial score (nSPS) is 21.1. The van der Waals surface area contributed by atoms with Gasteiger partial charge in [-0.3, -0.25) is 14.6 Å². The maximum Gasteiger partial charge on any atom is 0.237 e. The van der Waals surface area contributed by atoms with Crippen LogP contribution in [0.4, 0.5) is 21.5 Å². The molecule has 0 saturated carbocycles. The van der Waals surface area contributed by atoms with Gasteiger partial charge in [0.25, 0.3) is 0 Å². The van der Waals surface area contributed by atoms with E-state index < -0.39 is 5.92 Å². The average Bonchev–Trinajstić information content (AvgIpc) is 3.23. The van der Waals surface area contributed by atoms with E-state index in [9.17, 15) is 14.0 Å². The van der Waals surface area contributed by atoms with E-state index in [0.29, 0.717) is 24.5 Å². The summed E-state index contributed by atoms with van der Waals surface area (Å²) >= 11 is 0. The summed E-state index contributed by atoms with van der Waals surface area (Å²) in [4.78, 5) is 29.6. The summed E-state index contributed by atoms with van der Waals surface area (Å²) in [5.74, 6) is -1.05. The quantitative estimate of drug-likeness (QED) is 0.801. The van der Waals surface area contributed by atoms with Crippen LogP contribution in [0.25, 0.3) is 0 Å². The smallest absolute Gasteiger partial charge is 0.237 e. The second-order valence-corrected chi connectivity index (χ2v) is 7.10. The lowest BCUT2D eigenvalue weighted by atomic mass is 10.0. The molecule has 144 valence electrons. The Labute approximate surface area is 162 Å². The lowest BCUT2D eigenvalue weighted by Gasteiger charge is -2.19. The molecule has 2 aromatic rings. The Hall–Kier alpha value is -3.22. The molecule has 0 radical (unpaired) electrons. The van der Waals surface area contributed by atoms with Crippen LogP contribution in [0, 0.1) is 5.82 Å². The van der Waals surface area contributed by atoms with Crippen molar-refractivity contribution in [2.24, 2.45) is 4.99 Å². The molecule has 4 rings (SSSR count). The summed E-state index contributed by atoms with van der Waals surface area (Å²) in [6.07, 6.45) is 2.34. The molecule has 0 aromatic heterocycles. The van der Waals surface area contributed by atoms with E-state index in [0.717, 1.165) is 17.7 Å². The first-order valence-corrected chi connectivity index (χ1v) is 9.27. The fourth-order valence-corrected chi connectivity index (χ4v) is 3.76. The Bertz CT molecular complexity index is 959. The number of nitrogens with zero attached hydrogens (tertiary/aromatic N) is 2. The Morgan fingerprint density at radius 1 is 1.32 bits per heavy atom. The van der Waals surface area contributed by atoms with Crippen LogP contribution in [0.3, 0.4) is 0 Å². The number of nitrogens with one attached hydrogen (secondary N) is 2. The van der Waals surface area contributed by atoms with Crippen LogP contribution in [-0.2, 0) is 9.59 Å². The summed E-state index contributed by atoms with van der Waals surface area (Å²) in [6.45, 7) is 2.75. The van der Waals surface area contributed by atoms with Crippen molar-refractivity contribution in [3.8, 4) is 0 Å². The first-order valence-electron chi connectivity index (χ1n) is 9.27. The molecule has 6 nitrogen and oxygen atoms in total. The minimum atomic E-state index is -0.476. The van der Waals surface area contributed by atoms with Crippen molar-refractivity contribution in [2.75, 3.05) is 23.3 Å². The number of aliphatic imine (C=N–C) groups is 1. The van der Waals surface area contributed by atoms with Gasteiger partial charge in [0.2, 0.25) is 11.8 Å². The van der Waals surface area contributed by atoms with Gasteiger partial charge in [-0.1, -0.05) is 18.2 Å². The van der Waals surface area contributed by atoms with E-state index in [-0.39, 0.29) is 23.7 Å². The number of anilines is 2. The molecule has 2 amide bonds. The van der Waals surface area contributed by atoms with E-state index in [1.807, 2.05) is 29.2 Å². The summed E-state index contributed by atoms with van der Waals surface area (Å²) in [7, 11) is 0. The van der Waals surface area contributed by atoms with Gasteiger partial charge in [0.15, 0.2) is 0 Å². The van der Waals surface area contributed by atoms with Crippen LogP contribution in [0.5, 0.6) is 0 Å². The van der Waals surface area contributed by atoms with Crippen molar-refractivity contribution >= 4 is 35.1 Å². The highest BCUT2D eigenvalue weighted by molar-refractivity contribution is 6.12. The van der Waals surface area contributed by atoms with Crippen LogP contribution >= 0.6 is 0 Å². The number of carbonyl (C=O) groups is 2. The number of fused-ring (bicyclic) bond motifs is 1. The van der Waals surface area contributed by atoms with Crippen molar-refractivity contribution in [1.82, 2.24) is 5.32 Å². The largest absolute Gasteiger partial charge is 0.367 e. The summed E-state index contributed by atoms with van der Waals surface area (Å²) < 4.78 is 14.6. The van der Waals surface area contributed by atoms with Crippen LogP contribution in [0.15, 0.2) is 47.5 Å². The van der Waals surface area contributed by atoms with Crippen LogP contribution < -0.4 is 15.5 Å². The van der Waals surface area contributed by atoms with Crippen molar-refractivity contribution in [3.05, 3.63) is 53.8 Å². The highest BCUT2D eigenvalue weighted by atomic mass is 19.1. The van der Waals surface area contributed by atoms with Crippen molar-refractivity contribution < 1.29 is 14.0 Å². The molecule has 0 spiro atoms. The van der Waals surface area contributed by atoms with E-state index in [1.165, 1.54) is 13.0 Å². The zero-order valence-electron chi connectivity index (χ0n) is 15.5. The zero-order valence-corrected chi connectivity index (χ0v) is 15.5. The number of hydrogen-bond acceptors (Lipinski definition) is 4. The fraction of sp³-hybridized carbons (Fsp3) is 0.286. The topological polar surface area (TPSA) is 73.8 Å². The van der Waals surface area contributed by atoms with E-state index in [1.54, 1.807) is 18.3 Å². The summed E-state index contributed by atoms with van der Waals surface area (Å²) in [5.41, 5.74) is 2.61. The summed E-state index contributed by atoms with van der Waals surface area (Å²) in [6, 6.07) is 12.3. The molecule has 1 fully saturated rings. The minimum absolute atomic E-state index is 0.0375. The van der Waals surface area contributed by atoms with Gasteiger partial charge in [0.1, 0.15) is 11.7 Å². The van der Waals surface area contributed by atoms with Gasteiger partial charge >= 0.3 is 0 Å². The van der Waals surface area contributed by atoms with Crippen molar-refractivity contribution in [2.45, 2.75) is 25.3 Å². The highest BCUT2D eigenvalue weighted by Gasteiger charge is 2.28. The molecule has 2 heterocycles. The van der Waals surface area contributed by atoms with Crippen LogP contribution in [0.1, 0.15) is 24.8 Å². The van der Waals surface area contributed by atoms with Crippen molar-refractivity contribution in [3.63, 3.8) is 0 Å². The maximum atomic E-state index is 14.6. The predicted molar refractivity (Wildman–Crippen MR) is 107 cm³/mol. The number of carbonyl (C=O) groups excluding carboxylic acids is 2. The van der Waals surface area contributed by atoms with Crippen LogP contribution in [-0.4, -0.2) is 37.2 Å². The molecule has 0 aliphatic carbocycles. The molecule has 2 N–H and O–H groups in total. The second kappa shape index (κ2) is 7.42. The van der Waals surface area contributed by atoms with Gasteiger partial charge in [-0.05, 0) is 30.2 Å². The SMILES string of the molecule is CC(=O)NC1CCN(c2ccc(N=CC3C(=O)Nc4ccccc43)cc2F)C1. The third-order valence-corrected chi connectivity index (χ3v) is 5.08. The van der Waals surface area contributed by atoms with Crippen LogP contribution in [0.2, 0.25) is 0 Å². The molecule has 2 atom stereocenters. The third-order valence-electron chi connectivity index (χ3n) is 5.08. The maximum absolute atomic E-state index is 14.6. The number of benzene rings is 2. The predicted octanol–water partition coefficient (Wildman–Crippen LogP) is 2.98. The molecule has 1 saturated heterocycles. The van der Waals surface area contributed by atoms with Gasteiger partial charge in [-0.2, -0.15) is 0 Å². The van der Waals surface area contributed by atoms with Gasteiger partial charge in [-0.15, -0.1) is 0 Å². The van der Waals surface area contributed by atoms with E-state index >= 15 is 0 Å². The Balaban J connectivity index is 1.48. The first-order chi connectivity index (χ1) is 13.5. The second-order valence-electron chi connectivity index (χ2n) is 7.10. The lowest BCUT2D eigenvalue weighted by Crippen LogP contribution is -2.35. The van der Waals surface area contributed by atoms with Gasteiger partial charge < -0.3 is 15.5 Å². The fourth-order valence-electron chi connectivity index (χ4n) is 3.76. The molecule has 2 aromatic carbocycles. The Morgan fingerprint density at radius 2 is 2.14 bits per heavy atom. The lowest BCUT2D eigenvalue weighted by molar-refractivity contribution is -0.119. The number of amides is 2. The molecule has 0 bridgehead atoms. The number of hydrogen-bond donors (Lipinski definition) is 2. The standard InChI is InChI=1S/C21H21FN4O2/c1-13(27)24-15-8-9-26(12-15)20-7-6-14(10-18(20)22)23-11-17-16-4-2-3-5-19(16)25-21(17)28/h2-7,10-11,15,17H,8-9,12H2,1H3,(H,24,27)(H,25,28). The van der Waals surface area contributed by atoms with Crippen molar-refractivity contribution in [1.29, 1.82) is 0 Å². The number of para-hydroxylation sites is 1. The monoisotopic (exact) mass is 380 g/mol. The number of rotatable bonds is 4. The Morgan fingerprint density at radius 3 is 2.93 bits per heavy atom. The van der Waals surface area contributed by atoms with E-state index in [2.05, 4.69) is 15.6 Å². The first kappa shape index (κ1) is 18.2. The van der Waals surface area contributed by atoms with Gasteiger partial charge in [-0.25, -0.2) is 4.39 Å². The molecule has 7 heteroatoms. The third kappa shape index (κ3) is 3.60. The summed E-state index contributed by atoms with van der Waals surface area (Å²) in [5, 5.41) is 5.69. The molecular weight excluding hydrogens is 359 g/mol. The zero-order chi connectivity index (χ0) is 19.7. The molecule has 2 aliphatic rings. The number of halogens is 1. The highest BCUT2D eigenvalue weighted by Crippen LogP contribution is 2.32. The Kier molecular flexibility index (Phi) is 4.81. The molecule has 2 aliphatic heterocycles. The minimum Gasteiger partial charge on any atom is -0.367 e. The van der Waals surface area contributed by atoms with Gasteiger partial charge in [0.05, 0.1) is 11.4 Å². The van der Waals surface area contributed by atoms with Gasteiger partial charge in [0, 0.05) is 44.0 Å². The average molecular weight is 380 g/mol. The molecular formula is C21H21FN4O2. The molecule has 28 heavy (non-hydrogen) atoms. The van der Waals surface area contributed by atoms with E-state index in [4.69, 9.17) is 0 Å². The molecule has 2 unspecified atom stereocenters.